The summed E-state index contributed by atoms with van der Waals surface area (Å²) in [5.74, 6) is -0.715. The van der Waals surface area contributed by atoms with E-state index >= 15 is 0 Å². The number of aromatic nitrogens is 5. The molecule has 210 valence electrons. The molecule has 0 radical (unpaired) electrons. The number of hydrogen-bond acceptors (Lipinski definition) is 9. The van der Waals surface area contributed by atoms with E-state index in [-0.39, 0.29) is 17.5 Å². The minimum atomic E-state index is -4.64. The minimum Gasteiger partial charge on any atom is -0.436 e. The van der Waals surface area contributed by atoms with Gasteiger partial charge in [0.25, 0.3) is 5.91 Å². The number of carbonyl (C=O) groups excluding carboxylic acids is 1. The molecule has 2 aliphatic heterocycles. The van der Waals surface area contributed by atoms with Crippen LogP contribution in [0.3, 0.4) is 0 Å². The first-order chi connectivity index (χ1) is 19.7. The van der Waals surface area contributed by atoms with E-state index in [0.717, 1.165) is 30.1 Å². The Morgan fingerprint density at radius 2 is 1.88 bits per heavy atom. The molecule has 41 heavy (non-hydrogen) atoms. The molecule has 4 aromatic rings. The van der Waals surface area contributed by atoms with Gasteiger partial charge in [0.15, 0.2) is 11.6 Å². The molecule has 0 bridgehead atoms. The standard InChI is InChI=1S/C27H22F4N8O2/c1-38-21(16-4-2-5-17(28)10-16)24(40)39-9-3-6-19-22(39)23(38)37-26(36-19)35-12-15-7-8-20(32-11-15)41-18-13-33-25(34-14-18)27(29,30)31/h2,4-5,7-8,10-11,13-14,21H,3,6,9,12H2,1H3,(H,35,36,37)/t21-/m0/s1. The van der Waals surface area contributed by atoms with Crippen molar-refractivity contribution < 1.29 is 27.1 Å². The molecule has 1 atom stereocenters. The molecule has 6 rings (SSSR count). The predicted molar refractivity (Wildman–Crippen MR) is 139 cm³/mol. The normalized spacial score (nSPS) is 16.4. The van der Waals surface area contributed by atoms with Gasteiger partial charge in [0, 0.05) is 32.4 Å². The molecular formula is C27H22F4N8O2. The van der Waals surface area contributed by atoms with Gasteiger partial charge in [-0.2, -0.15) is 18.2 Å². The van der Waals surface area contributed by atoms with Crippen LogP contribution in [-0.4, -0.2) is 44.4 Å². The van der Waals surface area contributed by atoms with E-state index in [1.54, 1.807) is 47.3 Å². The lowest BCUT2D eigenvalue weighted by atomic mass is 9.97. The number of nitrogens with zero attached hydrogens (tertiary/aromatic N) is 7. The first kappa shape index (κ1) is 26.3. The summed E-state index contributed by atoms with van der Waals surface area (Å²) >= 11 is 0. The third-order valence-corrected chi connectivity index (χ3v) is 6.74. The topological polar surface area (TPSA) is 109 Å². The summed E-state index contributed by atoms with van der Waals surface area (Å²) in [7, 11) is 1.76. The summed E-state index contributed by atoms with van der Waals surface area (Å²) in [5.41, 5.74) is 2.73. The van der Waals surface area contributed by atoms with E-state index < -0.39 is 23.9 Å². The quantitative estimate of drug-likeness (QED) is 0.333. The van der Waals surface area contributed by atoms with Crippen LogP contribution < -0.4 is 19.9 Å². The number of benzene rings is 1. The number of carbonyl (C=O) groups is 1. The Hall–Kier alpha value is -4.88. The molecule has 1 aromatic carbocycles. The highest BCUT2D eigenvalue weighted by atomic mass is 19.4. The second-order valence-corrected chi connectivity index (χ2v) is 9.53. The van der Waals surface area contributed by atoms with E-state index in [4.69, 9.17) is 9.72 Å². The molecule has 0 saturated carbocycles. The Kier molecular flexibility index (Phi) is 6.59. The van der Waals surface area contributed by atoms with Gasteiger partial charge in [-0.3, -0.25) is 4.79 Å². The number of ether oxygens (including phenoxy) is 1. The second-order valence-electron chi connectivity index (χ2n) is 9.53. The lowest BCUT2D eigenvalue weighted by Crippen LogP contribution is -2.49. The third-order valence-electron chi connectivity index (χ3n) is 6.74. The lowest BCUT2D eigenvalue weighted by molar-refractivity contribution is -0.145. The molecule has 0 saturated heterocycles. The highest BCUT2D eigenvalue weighted by Crippen LogP contribution is 2.44. The van der Waals surface area contributed by atoms with Crippen LogP contribution in [0.2, 0.25) is 0 Å². The zero-order valence-corrected chi connectivity index (χ0v) is 21.6. The molecule has 5 heterocycles. The van der Waals surface area contributed by atoms with Gasteiger partial charge in [0.05, 0.1) is 18.1 Å². The molecule has 14 heteroatoms. The number of amides is 1. The number of halogens is 4. The van der Waals surface area contributed by atoms with E-state index in [1.165, 1.54) is 12.1 Å². The predicted octanol–water partition coefficient (Wildman–Crippen LogP) is 4.69. The zero-order chi connectivity index (χ0) is 28.7. The first-order valence-electron chi connectivity index (χ1n) is 12.6. The van der Waals surface area contributed by atoms with Crippen molar-refractivity contribution in [1.82, 2.24) is 24.9 Å². The molecule has 0 spiro atoms. The van der Waals surface area contributed by atoms with E-state index in [9.17, 15) is 22.4 Å². The Morgan fingerprint density at radius 3 is 2.59 bits per heavy atom. The molecular weight excluding hydrogens is 544 g/mol. The van der Waals surface area contributed by atoms with Gasteiger partial charge >= 0.3 is 6.18 Å². The number of aryl methyl sites for hydroxylation is 1. The van der Waals surface area contributed by atoms with Crippen molar-refractivity contribution in [2.75, 3.05) is 28.7 Å². The van der Waals surface area contributed by atoms with E-state index in [0.29, 0.717) is 42.5 Å². The van der Waals surface area contributed by atoms with Crippen molar-refractivity contribution in [2.45, 2.75) is 31.6 Å². The summed E-state index contributed by atoms with van der Waals surface area (Å²) < 4.78 is 57.4. The van der Waals surface area contributed by atoms with E-state index in [2.05, 4.69) is 25.3 Å². The van der Waals surface area contributed by atoms with Gasteiger partial charge in [-0.05, 0) is 36.1 Å². The maximum Gasteiger partial charge on any atom is 0.451 e. The fourth-order valence-electron chi connectivity index (χ4n) is 4.87. The number of alkyl halides is 3. The molecule has 0 unspecified atom stereocenters. The van der Waals surface area contributed by atoms with Crippen molar-refractivity contribution in [1.29, 1.82) is 0 Å². The van der Waals surface area contributed by atoms with Crippen LogP contribution in [0, 0.1) is 5.82 Å². The summed E-state index contributed by atoms with van der Waals surface area (Å²) in [6.07, 6.45) is 0.184. The smallest absolute Gasteiger partial charge is 0.436 e. The highest BCUT2D eigenvalue weighted by molar-refractivity contribution is 6.06. The van der Waals surface area contributed by atoms with Crippen molar-refractivity contribution in [3.05, 3.63) is 83.5 Å². The Morgan fingerprint density at radius 1 is 1.07 bits per heavy atom. The van der Waals surface area contributed by atoms with Crippen LogP contribution >= 0.6 is 0 Å². The second kappa shape index (κ2) is 10.3. The summed E-state index contributed by atoms with van der Waals surface area (Å²) in [4.78, 5) is 37.0. The van der Waals surface area contributed by atoms with Gasteiger partial charge in [-0.25, -0.2) is 24.3 Å². The average molecular weight is 567 g/mol. The molecule has 0 aliphatic carbocycles. The van der Waals surface area contributed by atoms with Crippen LogP contribution in [0.25, 0.3) is 0 Å². The fourth-order valence-corrected chi connectivity index (χ4v) is 4.87. The van der Waals surface area contributed by atoms with Gasteiger partial charge in [-0.15, -0.1) is 0 Å². The molecule has 2 aliphatic rings. The van der Waals surface area contributed by atoms with Crippen LogP contribution in [0.4, 0.5) is 35.0 Å². The minimum absolute atomic E-state index is 0.0148. The zero-order valence-electron chi connectivity index (χ0n) is 21.6. The lowest BCUT2D eigenvalue weighted by Gasteiger charge is -2.42. The molecule has 0 fully saturated rings. The Balaban J connectivity index is 1.18. The first-order valence-corrected chi connectivity index (χ1v) is 12.6. The van der Waals surface area contributed by atoms with Crippen LogP contribution in [0.15, 0.2) is 55.0 Å². The fraction of sp³-hybridized carbons (Fsp3) is 0.259. The SMILES string of the molecule is CN1c2nc(NCc3ccc(Oc4cnc(C(F)(F)F)nc4)nc3)nc3c2N(CCC3)C(=O)[C@@H]1c1cccc(F)c1. The highest BCUT2D eigenvalue weighted by Gasteiger charge is 2.42. The summed E-state index contributed by atoms with van der Waals surface area (Å²) in [6.45, 7) is 0.849. The molecule has 10 nitrogen and oxygen atoms in total. The largest absolute Gasteiger partial charge is 0.451 e. The maximum atomic E-state index is 14.0. The molecule has 3 aromatic heterocycles. The van der Waals surface area contributed by atoms with Crippen molar-refractivity contribution in [3.8, 4) is 11.6 Å². The van der Waals surface area contributed by atoms with Gasteiger partial charge < -0.3 is 19.9 Å². The third kappa shape index (κ3) is 5.19. The molecule has 1 amide bonds. The Labute approximate surface area is 231 Å². The van der Waals surface area contributed by atoms with Crippen molar-refractivity contribution in [2.24, 2.45) is 0 Å². The van der Waals surface area contributed by atoms with Gasteiger partial charge in [0.1, 0.15) is 17.5 Å². The van der Waals surface area contributed by atoms with E-state index in [1.807, 2.05) is 0 Å². The van der Waals surface area contributed by atoms with Gasteiger partial charge in [-0.1, -0.05) is 18.2 Å². The monoisotopic (exact) mass is 566 g/mol. The number of anilines is 3. The maximum absolute atomic E-state index is 14.0. The summed E-state index contributed by atoms with van der Waals surface area (Å²) in [5, 5.41) is 3.19. The van der Waals surface area contributed by atoms with Crippen molar-refractivity contribution in [3.63, 3.8) is 0 Å². The number of pyridine rings is 1. The van der Waals surface area contributed by atoms with Crippen LogP contribution in [-0.2, 0) is 23.9 Å². The van der Waals surface area contributed by atoms with Crippen LogP contribution in [0.1, 0.15) is 35.1 Å². The van der Waals surface area contributed by atoms with Crippen LogP contribution in [0.5, 0.6) is 11.6 Å². The number of hydrogen-bond donors (Lipinski definition) is 1. The average Bonchev–Trinajstić information content (AvgIpc) is 2.95. The van der Waals surface area contributed by atoms with Gasteiger partial charge in [0.2, 0.25) is 17.7 Å². The Bertz CT molecular complexity index is 1600. The summed E-state index contributed by atoms with van der Waals surface area (Å²) in [6, 6.07) is 8.58. The number of rotatable bonds is 6. The number of nitrogens with one attached hydrogen (secondary N) is 1. The van der Waals surface area contributed by atoms with Crippen molar-refractivity contribution >= 4 is 23.4 Å². The number of likely N-dealkylation sites (N-methyl/N-ethyl adjacent to an activating group) is 1. The molecule has 1 N–H and O–H groups in total.